The van der Waals surface area contributed by atoms with Crippen LogP contribution >= 0.6 is 0 Å². The van der Waals surface area contributed by atoms with Gasteiger partial charge in [0.05, 0.1) is 17.2 Å². The van der Waals surface area contributed by atoms with Crippen molar-refractivity contribution in [1.29, 1.82) is 5.26 Å². The molecule has 2 amide bonds. The molecule has 1 heterocycles. The van der Waals surface area contributed by atoms with E-state index >= 15 is 0 Å². The molecule has 1 aliphatic rings. The van der Waals surface area contributed by atoms with Crippen LogP contribution in [0.3, 0.4) is 0 Å². The molecule has 0 radical (unpaired) electrons. The van der Waals surface area contributed by atoms with Crippen LogP contribution < -0.4 is 5.32 Å². The Kier molecular flexibility index (Phi) is 7.08. The first-order chi connectivity index (χ1) is 15.5. The van der Waals surface area contributed by atoms with Gasteiger partial charge in [-0.25, -0.2) is 0 Å². The van der Waals surface area contributed by atoms with Gasteiger partial charge >= 0.3 is 6.18 Å². The van der Waals surface area contributed by atoms with Gasteiger partial charge in [-0.15, -0.1) is 0 Å². The van der Waals surface area contributed by atoms with E-state index in [2.05, 4.69) is 5.32 Å². The van der Waals surface area contributed by atoms with Gasteiger partial charge in [-0.1, -0.05) is 30.3 Å². The fraction of sp³-hybridized carbons (Fsp3) is 0.375. The van der Waals surface area contributed by atoms with Gasteiger partial charge in [0.15, 0.2) is 0 Å². The topological polar surface area (TPSA) is 93.4 Å². The number of alkyl halides is 3. The first kappa shape index (κ1) is 24.3. The zero-order chi connectivity index (χ0) is 24.2. The third-order valence-electron chi connectivity index (χ3n) is 6.03. The van der Waals surface area contributed by atoms with Crippen LogP contribution in [-0.2, 0) is 22.2 Å². The second kappa shape index (κ2) is 9.63. The highest BCUT2D eigenvalue weighted by Gasteiger charge is 2.45. The van der Waals surface area contributed by atoms with Crippen LogP contribution in [0.15, 0.2) is 48.5 Å². The Labute approximate surface area is 189 Å². The van der Waals surface area contributed by atoms with Gasteiger partial charge < -0.3 is 15.3 Å². The number of hydrogen-bond acceptors (Lipinski definition) is 4. The summed E-state index contributed by atoms with van der Waals surface area (Å²) in [5, 5.41) is 23.0. The van der Waals surface area contributed by atoms with E-state index in [0.29, 0.717) is 37.6 Å². The maximum atomic E-state index is 13.3. The van der Waals surface area contributed by atoms with Crippen LogP contribution in [0.25, 0.3) is 0 Å². The number of likely N-dealkylation sites (tertiary alicyclic amines) is 1. The van der Waals surface area contributed by atoms with Crippen LogP contribution in [-0.4, -0.2) is 40.5 Å². The maximum Gasteiger partial charge on any atom is 0.417 e. The molecule has 3 rings (SSSR count). The molecule has 1 unspecified atom stereocenters. The molecule has 0 aromatic heterocycles. The summed E-state index contributed by atoms with van der Waals surface area (Å²) < 4.78 is 40.0. The monoisotopic (exact) mass is 459 g/mol. The van der Waals surface area contributed by atoms with Crippen molar-refractivity contribution in [3.63, 3.8) is 0 Å². The highest BCUT2D eigenvalue weighted by molar-refractivity contribution is 5.97. The molecule has 2 aromatic rings. The Morgan fingerprint density at radius 2 is 1.79 bits per heavy atom. The van der Waals surface area contributed by atoms with Crippen LogP contribution in [0.4, 0.5) is 18.9 Å². The summed E-state index contributed by atoms with van der Waals surface area (Å²) in [6.45, 7) is 2.20. The number of amides is 2. The maximum absolute atomic E-state index is 13.3. The zero-order valence-electron chi connectivity index (χ0n) is 18.0. The molecule has 1 aliphatic heterocycles. The lowest BCUT2D eigenvalue weighted by Crippen LogP contribution is -2.54. The largest absolute Gasteiger partial charge is 0.417 e. The molecule has 0 aliphatic carbocycles. The molecule has 2 aromatic carbocycles. The molecule has 2 N–H and O–H groups in total. The second-order valence-corrected chi connectivity index (χ2v) is 8.19. The highest BCUT2D eigenvalue weighted by Crippen LogP contribution is 2.35. The lowest BCUT2D eigenvalue weighted by atomic mass is 9.76. The summed E-state index contributed by atoms with van der Waals surface area (Å²) in [6, 6.07) is 13.2. The Balaban J connectivity index is 1.90. The van der Waals surface area contributed by atoms with Crippen molar-refractivity contribution in [2.75, 3.05) is 18.4 Å². The number of nitrogens with one attached hydrogen (secondary N) is 1. The first-order valence-electron chi connectivity index (χ1n) is 10.5. The first-order valence-corrected chi connectivity index (χ1v) is 10.5. The van der Waals surface area contributed by atoms with Crippen LogP contribution in [0.1, 0.15) is 36.5 Å². The SMILES string of the molecule is CC(=O)N1CCC(C(O)(Cc2ccccc2)C(=O)Nc2ccc(C#N)c(C(F)(F)F)c2)CC1. The number of nitriles is 1. The van der Waals surface area contributed by atoms with Crippen molar-refractivity contribution in [3.05, 3.63) is 65.2 Å². The van der Waals surface area contributed by atoms with Crippen molar-refractivity contribution in [2.24, 2.45) is 5.92 Å². The minimum Gasteiger partial charge on any atom is -0.379 e. The molecule has 9 heteroatoms. The van der Waals surface area contributed by atoms with Gasteiger partial charge in [-0.2, -0.15) is 18.4 Å². The average Bonchev–Trinajstić information content (AvgIpc) is 2.79. The van der Waals surface area contributed by atoms with Crippen LogP contribution in [0.5, 0.6) is 0 Å². The van der Waals surface area contributed by atoms with Crippen molar-refractivity contribution < 1.29 is 27.9 Å². The summed E-state index contributed by atoms with van der Waals surface area (Å²) in [4.78, 5) is 26.6. The van der Waals surface area contributed by atoms with Crippen molar-refractivity contribution >= 4 is 17.5 Å². The molecule has 174 valence electrons. The third-order valence-corrected chi connectivity index (χ3v) is 6.03. The van der Waals surface area contributed by atoms with Crippen LogP contribution in [0.2, 0.25) is 0 Å². The minimum atomic E-state index is -4.77. The summed E-state index contributed by atoms with van der Waals surface area (Å²) in [5.41, 5.74) is -3.10. The Hall–Kier alpha value is -3.38. The predicted molar refractivity (Wildman–Crippen MR) is 115 cm³/mol. The molecule has 0 bridgehead atoms. The third kappa shape index (κ3) is 5.52. The summed E-state index contributed by atoms with van der Waals surface area (Å²) >= 11 is 0. The van der Waals surface area contributed by atoms with Gasteiger partial charge in [-0.3, -0.25) is 9.59 Å². The van der Waals surface area contributed by atoms with E-state index < -0.39 is 34.7 Å². The minimum absolute atomic E-state index is 0.0349. The number of hydrogen-bond donors (Lipinski definition) is 2. The quantitative estimate of drug-likeness (QED) is 0.712. The van der Waals surface area contributed by atoms with Gasteiger partial charge in [0.1, 0.15) is 5.60 Å². The summed E-state index contributed by atoms with van der Waals surface area (Å²) in [7, 11) is 0. The number of benzene rings is 2. The molecule has 0 saturated carbocycles. The number of anilines is 1. The number of carbonyl (C=O) groups excluding carboxylic acids is 2. The van der Waals surface area contributed by atoms with Crippen molar-refractivity contribution in [1.82, 2.24) is 4.90 Å². The molecule has 0 spiro atoms. The second-order valence-electron chi connectivity index (χ2n) is 8.19. The molecule has 1 fully saturated rings. The van der Waals surface area contributed by atoms with Gasteiger partial charge in [0, 0.05) is 38.0 Å². The standard InChI is InChI=1S/C24H24F3N3O3/c1-16(31)30-11-9-19(10-12-30)23(33,14-17-5-3-2-4-6-17)22(32)29-20-8-7-18(15-28)21(13-20)24(25,26)27/h2-8,13,19,33H,9-12,14H2,1H3,(H,29,32). The number of halogens is 3. The number of rotatable bonds is 5. The van der Waals surface area contributed by atoms with Gasteiger partial charge in [0.25, 0.3) is 5.91 Å². The van der Waals surface area contributed by atoms with Crippen molar-refractivity contribution in [3.8, 4) is 6.07 Å². The lowest BCUT2D eigenvalue weighted by Gasteiger charge is -2.40. The normalized spacial score (nSPS) is 16.5. The molecular formula is C24H24F3N3O3. The van der Waals surface area contributed by atoms with E-state index in [0.717, 1.165) is 6.07 Å². The highest BCUT2D eigenvalue weighted by atomic mass is 19.4. The molecule has 6 nitrogen and oxygen atoms in total. The van der Waals surface area contributed by atoms with E-state index in [1.807, 2.05) is 0 Å². The Bertz CT molecular complexity index is 1060. The van der Waals surface area contributed by atoms with E-state index in [-0.39, 0.29) is 18.0 Å². The van der Waals surface area contributed by atoms with Gasteiger partial charge in [-0.05, 0) is 36.6 Å². The zero-order valence-corrected chi connectivity index (χ0v) is 18.0. The van der Waals surface area contributed by atoms with E-state index in [1.54, 1.807) is 35.2 Å². The van der Waals surface area contributed by atoms with E-state index in [1.165, 1.54) is 19.1 Å². The lowest BCUT2D eigenvalue weighted by molar-refractivity contribution is -0.144. The number of nitrogens with zero attached hydrogens (tertiary/aromatic N) is 2. The average molecular weight is 459 g/mol. The molecular weight excluding hydrogens is 435 g/mol. The number of aliphatic hydroxyl groups is 1. The summed E-state index contributed by atoms with van der Waals surface area (Å²) in [6.07, 6.45) is -4.06. The van der Waals surface area contributed by atoms with Crippen LogP contribution in [0, 0.1) is 17.2 Å². The van der Waals surface area contributed by atoms with E-state index in [9.17, 15) is 27.9 Å². The van der Waals surface area contributed by atoms with E-state index in [4.69, 9.17) is 5.26 Å². The summed E-state index contributed by atoms with van der Waals surface area (Å²) in [5.74, 6) is -1.43. The number of piperidine rings is 1. The van der Waals surface area contributed by atoms with Gasteiger partial charge in [0.2, 0.25) is 5.91 Å². The smallest absolute Gasteiger partial charge is 0.379 e. The Morgan fingerprint density at radius 3 is 2.33 bits per heavy atom. The van der Waals surface area contributed by atoms with Crippen molar-refractivity contribution in [2.45, 2.75) is 38.0 Å². The fourth-order valence-corrected chi connectivity index (χ4v) is 4.18. The number of carbonyl (C=O) groups is 2. The Morgan fingerprint density at radius 1 is 1.15 bits per heavy atom. The molecule has 1 atom stereocenters. The predicted octanol–water partition coefficient (Wildman–Crippen LogP) is 3.75. The fourth-order valence-electron chi connectivity index (χ4n) is 4.18. The molecule has 33 heavy (non-hydrogen) atoms. The molecule has 1 saturated heterocycles.